The first-order valence-electron chi connectivity index (χ1n) is 5.62. The van der Waals surface area contributed by atoms with Gasteiger partial charge in [-0.05, 0) is 19.9 Å². The van der Waals surface area contributed by atoms with Gasteiger partial charge in [0.05, 0.1) is 11.3 Å². The summed E-state index contributed by atoms with van der Waals surface area (Å²) >= 11 is 1.21. The van der Waals surface area contributed by atoms with Crippen LogP contribution in [0, 0.1) is 18.3 Å². The molecule has 6 heteroatoms. The maximum atomic E-state index is 11.5. The average Bonchev–Trinajstić information content (AvgIpc) is 2.35. The Morgan fingerprint density at radius 3 is 2.58 bits per heavy atom. The molecule has 0 N–H and O–H groups in total. The zero-order valence-electron chi connectivity index (χ0n) is 11.4. The fourth-order valence-corrected chi connectivity index (χ4v) is 2.37. The molecule has 19 heavy (non-hydrogen) atoms. The van der Waals surface area contributed by atoms with E-state index >= 15 is 0 Å². The van der Waals surface area contributed by atoms with E-state index in [4.69, 9.17) is 5.26 Å². The summed E-state index contributed by atoms with van der Waals surface area (Å²) in [6.07, 6.45) is 0. The molecule has 0 aliphatic rings. The van der Waals surface area contributed by atoms with E-state index in [2.05, 4.69) is 4.98 Å². The Labute approximate surface area is 116 Å². The summed E-state index contributed by atoms with van der Waals surface area (Å²) in [6.45, 7) is 3.16. The first kappa shape index (κ1) is 15.2. The number of carbonyl (C=O) groups is 2. The van der Waals surface area contributed by atoms with Crippen molar-refractivity contribution in [3.63, 3.8) is 0 Å². The lowest BCUT2D eigenvalue weighted by molar-refractivity contribution is -0.125. The van der Waals surface area contributed by atoms with Gasteiger partial charge in [-0.3, -0.25) is 9.59 Å². The van der Waals surface area contributed by atoms with E-state index in [0.717, 1.165) is 0 Å². The van der Waals surface area contributed by atoms with Gasteiger partial charge in [-0.1, -0.05) is 11.8 Å². The predicted octanol–water partition coefficient (Wildman–Crippen LogP) is 1.64. The van der Waals surface area contributed by atoms with E-state index in [9.17, 15) is 9.59 Å². The standard InChI is InChI=1S/C13H15N3O2S/c1-8-11(9(2)17)5-10(6-14)13(15-8)19-7-12(18)16(3)4/h5H,7H2,1-4H3. The highest BCUT2D eigenvalue weighted by molar-refractivity contribution is 7.99. The molecule has 0 spiro atoms. The smallest absolute Gasteiger partial charge is 0.232 e. The van der Waals surface area contributed by atoms with E-state index in [-0.39, 0.29) is 17.4 Å². The number of thioether (sulfide) groups is 1. The molecule has 0 atom stereocenters. The Kier molecular flexibility index (Phi) is 5.07. The van der Waals surface area contributed by atoms with Crippen LogP contribution >= 0.6 is 11.8 Å². The molecule has 0 saturated heterocycles. The van der Waals surface area contributed by atoms with Gasteiger partial charge < -0.3 is 4.90 Å². The molecule has 0 aliphatic carbocycles. The molecule has 0 aromatic carbocycles. The number of carbonyl (C=O) groups excluding carboxylic acids is 2. The van der Waals surface area contributed by atoms with E-state index in [1.165, 1.54) is 29.7 Å². The van der Waals surface area contributed by atoms with Crippen molar-refractivity contribution in [2.24, 2.45) is 0 Å². The monoisotopic (exact) mass is 277 g/mol. The van der Waals surface area contributed by atoms with Gasteiger partial charge in [0.25, 0.3) is 0 Å². The number of hydrogen-bond donors (Lipinski definition) is 0. The quantitative estimate of drug-likeness (QED) is 0.618. The van der Waals surface area contributed by atoms with Crippen molar-refractivity contribution in [3.8, 4) is 6.07 Å². The van der Waals surface area contributed by atoms with Crippen LogP contribution in [-0.2, 0) is 4.79 Å². The van der Waals surface area contributed by atoms with Crippen molar-refractivity contribution in [1.29, 1.82) is 5.26 Å². The van der Waals surface area contributed by atoms with E-state index in [0.29, 0.717) is 21.8 Å². The molecular formula is C13H15N3O2S. The number of ketones is 1. The Balaban J connectivity index is 3.03. The van der Waals surface area contributed by atoms with Gasteiger partial charge in [0, 0.05) is 25.4 Å². The molecule has 100 valence electrons. The maximum absolute atomic E-state index is 11.5. The second kappa shape index (κ2) is 6.34. The first-order chi connectivity index (χ1) is 8.86. The number of aromatic nitrogens is 1. The van der Waals surface area contributed by atoms with Crippen LogP contribution in [0.5, 0.6) is 0 Å². The summed E-state index contributed by atoms with van der Waals surface area (Å²) in [4.78, 5) is 28.6. The average molecular weight is 277 g/mol. The molecule has 1 rings (SSSR count). The first-order valence-corrected chi connectivity index (χ1v) is 6.61. The lowest BCUT2D eigenvalue weighted by Crippen LogP contribution is -2.23. The number of amides is 1. The van der Waals surface area contributed by atoms with Crippen LogP contribution in [0.4, 0.5) is 0 Å². The summed E-state index contributed by atoms with van der Waals surface area (Å²) in [5.41, 5.74) is 1.35. The number of rotatable bonds is 4. The summed E-state index contributed by atoms with van der Waals surface area (Å²) in [5, 5.41) is 9.57. The van der Waals surface area contributed by atoms with Crippen LogP contribution in [0.25, 0.3) is 0 Å². The van der Waals surface area contributed by atoms with Gasteiger partial charge in [-0.2, -0.15) is 5.26 Å². The number of hydrogen-bond acceptors (Lipinski definition) is 5. The zero-order chi connectivity index (χ0) is 14.6. The van der Waals surface area contributed by atoms with Gasteiger partial charge in [0.2, 0.25) is 5.91 Å². The molecule has 0 unspecified atom stereocenters. The summed E-state index contributed by atoms with van der Waals surface area (Å²) in [5.74, 6) is 0.0412. The minimum Gasteiger partial charge on any atom is -0.348 e. The van der Waals surface area contributed by atoms with Crippen molar-refractivity contribution in [2.45, 2.75) is 18.9 Å². The summed E-state index contributed by atoms with van der Waals surface area (Å²) < 4.78 is 0. The Bertz CT molecular complexity index is 562. The molecule has 0 aliphatic heterocycles. The molecular weight excluding hydrogens is 262 g/mol. The van der Waals surface area contributed by atoms with Crippen molar-refractivity contribution < 1.29 is 9.59 Å². The molecule has 0 bridgehead atoms. The second-order valence-corrected chi connectivity index (χ2v) is 5.18. The number of Topliss-reactive ketones (excluding diaryl/α,β-unsaturated/α-hetero) is 1. The number of aryl methyl sites for hydroxylation is 1. The summed E-state index contributed by atoms with van der Waals surface area (Å²) in [6, 6.07) is 3.55. The molecule has 1 aromatic rings. The third-order valence-electron chi connectivity index (χ3n) is 2.51. The Morgan fingerprint density at radius 1 is 1.47 bits per heavy atom. The lowest BCUT2D eigenvalue weighted by atomic mass is 10.1. The second-order valence-electron chi connectivity index (χ2n) is 4.22. The van der Waals surface area contributed by atoms with Crippen LogP contribution in [0.1, 0.15) is 28.5 Å². The van der Waals surface area contributed by atoms with E-state index < -0.39 is 0 Å². The zero-order valence-corrected chi connectivity index (χ0v) is 12.2. The van der Waals surface area contributed by atoms with Gasteiger partial charge in [-0.25, -0.2) is 4.98 Å². The van der Waals surface area contributed by atoms with Gasteiger partial charge in [0.15, 0.2) is 5.78 Å². The topological polar surface area (TPSA) is 74.1 Å². The normalized spacial score (nSPS) is 9.84. The van der Waals surface area contributed by atoms with Crippen LogP contribution in [0.15, 0.2) is 11.1 Å². The predicted molar refractivity (Wildman–Crippen MR) is 73.1 cm³/mol. The Hall–Kier alpha value is -1.87. The maximum Gasteiger partial charge on any atom is 0.232 e. The fourth-order valence-electron chi connectivity index (χ4n) is 1.39. The Morgan fingerprint density at radius 2 is 2.11 bits per heavy atom. The molecule has 1 heterocycles. The molecule has 0 radical (unpaired) electrons. The van der Waals surface area contributed by atoms with Crippen molar-refractivity contribution in [1.82, 2.24) is 9.88 Å². The molecule has 5 nitrogen and oxygen atoms in total. The van der Waals surface area contributed by atoms with Gasteiger partial charge >= 0.3 is 0 Å². The van der Waals surface area contributed by atoms with Crippen LogP contribution in [-0.4, -0.2) is 41.4 Å². The minimum atomic E-state index is -0.123. The van der Waals surface area contributed by atoms with Crippen LogP contribution < -0.4 is 0 Å². The number of nitriles is 1. The SMILES string of the molecule is CC(=O)c1cc(C#N)c(SCC(=O)N(C)C)nc1C. The lowest BCUT2D eigenvalue weighted by Gasteiger charge is -2.11. The van der Waals surface area contributed by atoms with Crippen molar-refractivity contribution in [2.75, 3.05) is 19.8 Å². The highest BCUT2D eigenvalue weighted by atomic mass is 32.2. The van der Waals surface area contributed by atoms with Crippen LogP contribution in [0.2, 0.25) is 0 Å². The van der Waals surface area contributed by atoms with Crippen LogP contribution in [0.3, 0.4) is 0 Å². The summed E-state index contributed by atoms with van der Waals surface area (Å²) in [7, 11) is 3.34. The molecule has 0 saturated carbocycles. The fraction of sp³-hybridized carbons (Fsp3) is 0.385. The highest BCUT2D eigenvalue weighted by Crippen LogP contribution is 2.23. The third-order valence-corrected chi connectivity index (χ3v) is 3.48. The molecule has 1 amide bonds. The number of nitrogens with zero attached hydrogens (tertiary/aromatic N) is 3. The van der Waals surface area contributed by atoms with E-state index in [1.807, 2.05) is 6.07 Å². The van der Waals surface area contributed by atoms with E-state index in [1.54, 1.807) is 21.0 Å². The molecule has 0 fully saturated rings. The largest absolute Gasteiger partial charge is 0.348 e. The molecule has 1 aromatic heterocycles. The van der Waals surface area contributed by atoms with Gasteiger partial charge in [0.1, 0.15) is 11.1 Å². The highest BCUT2D eigenvalue weighted by Gasteiger charge is 2.14. The van der Waals surface area contributed by atoms with Crippen molar-refractivity contribution >= 4 is 23.5 Å². The van der Waals surface area contributed by atoms with Crippen molar-refractivity contribution in [3.05, 3.63) is 22.9 Å². The number of pyridine rings is 1. The van der Waals surface area contributed by atoms with Gasteiger partial charge in [-0.15, -0.1) is 0 Å². The minimum absolute atomic E-state index is 0.0519. The third kappa shape index (κ3) is 3.80.